The molecule has 6 heteroatoms. The Morgan fingerprint density at radius 2 is 1.75 bits per heavy atom. The van der Waals surface area contributed by atoms with E-state index >= 15 is 0 Å². The van der Waals surface area contributed by atoms with Gasteiger partial charge in [0.25, 0.3) is 0 Å². The predicted octanol–water partition coefficient (Wildman–Crippen LogP) is 3.41. The average molecular weight is 402 g/mol. The molecule has 0 radical (unpaired) electrons. The van der Waals surface area contributed by atoms with Crippen LogP contribution in [0, 0.1) is 5.82 Å². The second-order valence-corrected chi connectivity index (χ2v) is 8.36. The maximum Gasteiger partial charge on any atom is 0.221 e. The molecule has 4 nitrogen and oxygen atoms in total. The van der Waals surface area contributed by atoms with E-state index < -0.39 is 0 Å². The molecule has 1 N–H and O–H groups in total. The Labute approximate surface area is 171 Å². The van der Waals surface area contributed by atoms with Gasteiger partial charge in [-0.05, 0) is 36.9 Å². The Bertz CT molecular complexity index is 733. The fraction of sp³-hybridized carbons (Fsp3) is 0.409. The molecule has 1 aliphatic rings. The molecule has 0 spiro atoms. The standard InChI is InChI=1S/C22H28FN3OS/c1-25-12-14-26(15-13-25)17-21(18-5-3-2-4-6-18)24-22(27)11-16-28-20-9-7-19(23)8-10-20/h2-10,21H,11-17H2,1H3,(H,24,27). The summed E-state index contributed by atoms with van der Waals surface area (Å²) in [5.74, 6) is 0.488. The zero-order chi connectivity index (χ0) is 19.8. The molecule has 0 aliphatic carbocycles. The van der Waals surface area contributed by atoms with Gasteiger partial charge >= 0.3 is 0 Å². The van der Waals surface area contributed by atoms with Gasteiger partial charge in [0.15, 0.2) is 0 Å². The van der Waals surface area contributed by atoms with Crippen molar-refractivity contribution < 1.29 is 9.18 Å². The molecule has 150 valence electrons. The summed E-state index contributed by atoms with van der Waals surface area (Å²) in [6.45, 7) is 4.99. The number of nitrogens with zero attached hydrogens (tertiary/aromatic N) is 2. The van der Waals surface area contributed by atoms with E-state index in [1.54, 1.807) is 23.9 Å². The van der Waals surface area contributed by atoms with Crippen molar-refractivity contribution in [2.24, 2.45) is 0 Å². The lowest BCUT2D eigenvalue weighted by atomic mass is 10.1. The maximum absolute atomic E-state index is 13.0. The highest BCUT2D eigenvalue weighted by Crippen LogP contribution is 2.20. The average Bonchev–Trinajstić information content (AvgIpc) is 2.71. The number of rotatable bonds is 8. The fourth-order valence-electron chi connectivity index (χ4n) is 3.27. The smallest absolute Gasteiger partial charge is 0.221 e. The summed E-state index contributed by atoms with van der Waals surface area (Å²) in [6.07, 6.45) is 0.439. The minimum absolute atomic E-state index is 0.00655. The number of hydrogen-bond donors (Lipinski definition) is 1. The lowest BCUT2D eigenvalue weighted by Gasteiger charge is -2.35. The van der Waals surface area contributed by atoms with Crippen LogP contribution in [0.4, 0.5) is 4.39 Å². The van der Waals surface area contributed by atoms with Gasteiger partial charge in [0.05, 0.1) is 6.04 Å². The van der Waals surface area contributed by atoms with Crippen LogP contribution in [0.2, 0.25) is 0 Å². The van der Waals surface area contributed by atoms with Crippen LogP contribution in [0.1, 0.15) is 18.0 Å². The van der Waals surface area contributed by atoms with Crippen LogP contribution in [-0.2, 0) is 4.79 Å². The molecule has 2 aromatic carbocycles. The molecule has 1 amide bonds. The van der Waals surface area contributed by atoms with Gasteiger partial charge in [0.2, 0.25) is 5.91 Å². The van der Waals surface area contributed by atoms with E-state index in [1.807, 2.05) is 18.2 Å². The molecule has 0 aromatic heterocycles. The molecule has 0 saturated carbocycles. The number of likely N-dealkylation sites (N-methyl/N-ethyl adjacent to an activating group) is 1. The molecular weight excluding hydrogens is 373 g/mol. The second-order valence-electron chi connectivity index (χ2n) is 7.19. The van der Waals surface area contributed by atoms with E-state index in [1.165, 1.54) is 12.1 Å². The number of benzene rings is 2. The number of piperazine rings is 1. The number of carbonyl (C=O) groups is 1. The Balaban J connectivity index is 1.52. The van der Waals surface area contributed by atoms with Crippen molar-refractivity contribution in [3.05, 3.63) is 66.0 Å². The monoisotopic (exact) mass is 401 g/mol. The van der Waals surface area contributed by atoms with Crippen LogP contribution in [0.15, 0.2) is 59.5 Å². The number of hydrogen-bond acceptors (Lipinski definition) is 4. The highest BCUT2D eigenvalue weighted by Gasteiger charge is 2.21. The van der Waals surface area contributed by atoms with Crippen molar-refractivity contribution in [1.29, 1.82) is 0 Å². The van der Waals surface area contributed by atoms with E-state index in [0.717, 1.165) is 43.2 Å². The fourth-order valence-corrected chi connectivity index (χ4v) is 4.12. The van der Waals surface area contributed by atoms with Gasteiger partial charge in [0.1, 0.15) is 5.82 Å². The number of carbonyl (C=O) groups excluding carboxylic acids is 1. The molecule has 1 fully saturated rings. The summed E-state index contributed by atoms with van der Waals surface area (Å²) >= 11 is 1.57. The van der Waals surface area contributed by atoms with Crippen LogP contribution in [-0.4, -0.2) is 61.2 Å². The van der Waals surface area contributed by atoms with Crippen LogP contribution in [0.5, 0.6) is 0 Å². The zero-order valence-electron chi connectivity index (χ0n) is 16.3. The molecule has 1 saturated heterocycles. The van der Waals surface area contributed by atoms with Gasteiger partial charge in [-0.3, -0.25) is 9.69 Å². The SMILES string of the molecule is CN1CCN(CC(NC(=O)CCSc2ccc(F)cc2)c2ccccc2)CC1. The summed E-state index contributed by atoms with van der Waals surface area (Å²) in [5, 5.41) is 3.22. The third-order valence-electron chi connectivity index (χ3n) is 4.99. The highest BCUT2D eigenvalue weighted by atomic mass is 32.2. The highest BCUT2D eigenvalue weighted by molar-refractivity contribution is 7.99. The number of thioether (sulfide) groups is 1. The Morgan fingerprint density at radius 1 is 1.07 bits per heavy atom. The Kier molecular flexibility index (Phi) is 7.89. The van der Waals surface area contributed by atoms with E-state index in [9.17, 15) is 9.18 Å². The quantitative estimate of drug-likeness (QED) is 0.688. The van der Waals surface area contributed by atoms with E-state index in [2.05, 4.69) is 34.3 Å². The molecule has 2 aromatic rings. The maximum atomic E-state index is 13.0. The Morgan fingerprint density at radius 3 is 2.43 bits per heavy atom. The van der Waals surface area contributed by atoms with Crippen molar-refractivity contribution in [2.45, 2.75) is 17.4 Å². The van der Waals surface area contributed by atoms with Gasteiger partial charge in [-0.2, -0.15) is 0 Å². The molecule has 0 bridgehead atoms. The largest absolute Gasteiger partial charge is 0.348 e. The van der Waals surface area contributed by atoms with Crippen molar-refractivity contribution >= 4 is 17.7 Å². The summed E-state index contributed by atoms with van der Waals surface area (Å²) in [7, 11) is 2.15. The zero-order valence-corrected chi connectivity index (χ0v) is 17.1. The molecule has 1 aliphatic heterocycles. The molecule has 28 heavy (non-hydrogen) atoms. The molecule has 1 unspecified atom stereocenters. The second kappa shape index (κ2) is 10.6. The third-order valence-corrected chi connectivity index (χ3v) is 6.00. The van der Waals surface area contributed by atoms with Crippen LogP contribution < -0.4 is 5.32 Å². The van der Waals surface area contributed by atoms with Crippen molar-refractivity contribution in [3.8, 4) is 0 Å². The van der Waals surface area contributed by atoms with E-state index in [-0.39, 0.29) is 17.8 Å². The number of nitrogens with one attached hydrogen (secondary N) is 1. The van der Waals surface area contributed by atoms with Crippen LogP contribution in [0.25, 0.3) is 0 Å². The van der Waals surface area contributed by atoms with E-state index in [0.29, 0.717) is 12.2 Å². The lowest BCUT2D eigenvalue weighted by molar-refractivity contribution is -0.121. The lowest BCUT2D eigenvalue weighted by Crippen LogP contribution is -2.47. The van der Waals surface area contributed by atoms with E-state index in [4.69, 9.17) is 0 Å². The van der Waals surface area contributed by atoms with Gasteiger partial charge in [-0.15, -0.1) is 11.8 Å². The first-order chi connectivity index (χ1) is 13.6. The van der Waals surface area contributed by atoms with Crippen molar-refractivity contribution in [3.63, 3.8) is 0 Å². The summed E-state index contributed by atoms with van der Waals surface area (Å²) < 4.78 is 13.0. The third kappa shape index (κ3) is 6.62. The van der Waals surface area contributed by atoms with Gasteiger partial charge in [0, 0.05) is 49.8 Å². The molecule has 1 atom stereocenters. The van der Waals surface area contributed by atoms with Crippen LogP contribution in [0.3, 0.4) is 0 Å². The summed E-state index contributed by atoms with van der Waals surface area (Å²) in [4.78, 5) is 18.3. The van der Waals surface area contributed by atoms with Crippen molar-refractivity contribution in [2.75, 3.05) is 45.5 Å². The minimum Gasteiger partial charge on any atom is -0.348 e. The first-order valence-electron chi connectivity index (χ1n) is 9.74. The molecule has 1 heterocycles. The van der Waals surface area contributed by atoms with Gasteiger partial charge in [-0.25, -0.2) is 4.39 Å². The first kappa shape index (κ1) is 20.8. The van der Waals surface area contributed by atoms with Crippen LogP contribution >= 0.6 is 11.8 Å². The van der Waals surface area contributed by atoms with Gasteiger partial charge < -0.3 is 10.2 Å². The number of amides is 1. The summed E-state index contributed by atoms with van der Waals surface area (Å²) in [6, 6.07) is 16.6. The molecule has 3 rings (SSSR count). The topological polar surface area (TPSA) is 35.6 Å². The number of halogens is 1. The Hall–Kier alpha value is -1.89. The minimum atomic E-state index is -0.239. The predicted molar refractivity (Wildman–Crippen MR) is 113 cm³/mol. The van der Waals surface area contributed by atoms with Gasteiger partial charge in [-0.1, -0.05) is 30.3 Å². The van der Waals surface area contributed by atoms with Crippen molar-refractivity contribution in [1.82, 2.24) is 15.1 Å². The first-order valence-corrected chi connectivity index (χ1v) is 10.7. The normalized spacial score (nSPS) is 16.6. The molecular formula is C22H28FN3OS. The summed E-state index contributed by atoms with van der Waals surface area (Å²) in [5.41, 5.74) is 1.14.